The van der Waals surface area contributed by atoms with E-state index in [1.807, 2.05) is 13.8 Å². The number of hydrogen-bond acceptors (Lipinski definition) is 4. The molecule has 1 heterocycles. The maximum atomic E-state index is 12.4. The molecule has 0 aliphatic carbocycles. The van der Waals surface area contributed by atoms with E-state index in [0.717, 1.165) is 0 Å². The number of hydrogen-bond donors (Lipinski definition) is 2. The van der Waals surface area contributed by atoms with Gasteiger partial charge in [-0.1, -0.05) is 13.8 Å². The van der Waals surface area contributed by atoms with Gasteiger partial charge in [0.05, 0.1) is 11.7 Å². The SMILES string of the molecule is CCC(CC)(CN)C(=O)NC1CCN(S(C)(=O)=O)CC1.Cl. The lowest BCUT2D eigenvalue weighted by molar-refractivity contribution is -0.132. The number of nitrogens with zero attached hydrogens (tertiary/aromatic N) is 1. The molecule has 1 fully saturated rings. The molecule has 126 valence electrons. The topological polar surface area (TPSA) is 92.5 Å². The number of halogens is 1. The molecular formula is C13H28ClN3O3S. The number of sulfonamides is 1. The average molecular weight is 342 g/mol. The lowest BCUT2D eigenvalue weighted by Crippen LogP contribution is -2.52. The van der Waals surface area contributed by atoms with E-state index in [1.54, 1.807) is 0 Å². The summed E-state index contributed by atoms with van der Waals surface area (Å²) in [6, 6.07) is 0.0459. The highest BCUT2D eigenvalue weighted by Gasteiger charge is 2.35. The van der Waals surface area contributed by atoms with Gasteiger partial charge >= 0.3 is 0 Å². The quantitative estimate of drug-likeness (QED) is 0.744. The van der Waals surface area contributed by atoms with Gasteiger partial charge < -0.3 is 11.1 Å². The van der Waals surface area contributed by atoms with Gasteiger partial charge in [0.1, 0.15) is 0 Å². The lowest BCUT2D eigenvalue weighted by Gasteiger charge is -2.34. The maximum Gasteiger partial charge on any atom is 0.227 e. The molecule has 1 aliphatic rings. The van der Waals surface area contributed by atoms with E-state index >= 15 is 0 Å². The number of carbonyl (C=O) groups excluding carboxylic acids is 1. The molecule has 0 saturated carbocycles. The van der Waals surface area contributed by atoms with Gasteiger partial charge in [-0.25, -0.2) is 12.7 Å². The molecule has 3 N–H and O–H groups in total. The predicted molar refractivity (Wildman–Crippen MR) is 86.9 cm³/mol. The minimum atomic E-state index is -3.12. The number of rotatable bonds is 6. The molecule has 0 spiro atoms. The van der Waals surface area contributed by atoms with Crippen LogP contribution in [0.25, 0.3) is 0 Å². The first-order chi connectivity index (χ1) is 9.29. The zero-order valence-corrected chi connectivity index (χ0v) is 14.7. The number of piperidine rings is 1. The van der Waals surface area contributed by atoms with Gasteiger partial charge in [0, 0.05) is 25.7 Å². The highest BCUT2D eigenvalue weighted by atomic mass is 35.5. The molecule has 6 nitrogen and oxygen atoms in total. The van der Waals surface area contributed by atoms with Gasteiger partial charge in [-0.2, -0.15) is 0 Å². The molecule has 1 aliphatic heterocycles. The van der Waals surface area contributed by atoms with E-state index in [-0.39, 0.29) is 24.4 Å². The third-order valence-electron chi connectivity index (χ3n) is 4.48. The molecule has 0 aromatic heterocycles. The number of carbonyl (C=O) groups is 1. The van der Waals surface area contributed by atoms with Crippen LogP contribution in [0, 0.1) is 5.41 Å². The number of amides is 1. The van der Waals surface area contributed by atoms with Crippen molar-refractivity contribution < 1.29 is 13.2 Å². The fourth-order valence-corrected chi connectivity index (χ4v) is 3.50. The Morgan fingerprint density at radius 3 is 2.10 bits per heavy atom. The number of nitrogens with two attached hydrogens (primary N) is 1. The Bertz CT molecular complexity index is 422. The maximum absolute atomic E-state index is 12.4. The Morgan fingerprint density at radius 1 is 1.29 bits per heavy atom. The van der Waals surface area contributed by atoms with Crippen LogP contribution in [0.3, 0.4) is 0 Å². The van der Waals surface area contributed by atoms with Crippen molar-refractivity contribution in [1.82, 2.24) is 9.62 Å². The zero-order valence-electron chi connectivity index (χ0n) is 13.1. The molecule has 0 atom stereocenters. The van der Waals surface area contributed by atoms with Crippen molar-refractivity contribution in [3.63, 3.8) is 0 Å². The van der Waals surface area contributed by atoms with Crippen LogP contribution in [0.15, 0.2) is 0 Å². The minimum absolute atomic E-state index is 0. The molecular weight excluding hydrogens is 314 g/mol. The Labute approximate surface area is 134 Å². The fourth-order valence-electron chi connectivity index (χ4n) is 2.62. The van der Waals surface area contributed by atoms with E-state index < -0.39 is 15.4 Å². The van der Waals surface area contributed by atoms with Crippen LogP contribution in [0.1, 0.15) is 39.5 Å². The Morgan fingerprint density at radius 2 is 1.76 bits per heavy atom. The first-order valence-corrected chi connectivity index (χ1v) is 9.10. The zero-order chi connectivity index (χ0) is 15.4. The van der Waals surface area contributed by atoms with Crippen LogP contribution in [-0.2, 0) is 14.8 Å². The van der Waals surface area contributed by atoms with Crippen molar-refractivity contribution in [1.29, 1.82) is 0 Å². The Hall–Kier alpha value is -0.370. The first kappa shape index (κ1) is 20.6. The third-order valence-corrected chi connectivity index (χ3v) is 5.79. The van der Waals surface area contributed by atoms with Crippen LogP contribution >= 0.6 is 12.4 Å². The monoisotopic (exact) mass is 341 g/mol. The lowest BCUT2D eigenvalue weighted by atomic mass is 9.81. The predicted octanol–water partition coefficient (Wildman–Crippen LogP) is 0.714. The summed E-state index contributed by atoms with van der Waals surface area (Å²) in [6.07, 6.45) is 3.97. The van der Waals surface area contributed by atoms with E-state index in [2.05, 4.69) is 5.32 Å². The van der Waals surface area contributed by atoms with Crippen LogP contribution in [0.4, 0.5) is 0 Å². The van der Waals surface area contributed by atoms with E-state index in [1.165, 1.54) is 10.6 Å². The summed E-state index contributed by atoms with van der Waals surface area (Å²) >= 11 is 0. The molecule has 21 heavy (non-hydrogen) atoms. The molecule has 0 aromatic rings. The third kappa shape index (κ3) is 5.09. The molecule has 8 heteroatoms. The van der Waals surface area contributed by atoms with Gasteiger partial charge in [-0.3, -0.25) is 4.79 Å². The molecule has 0 unspecified atom stereocenters. The van der Waals surface area contributed by atoms with E-state index in [4.69, 9.17) is 5.73 Å². The van der Waals surface area contributed by atoms with Crippen LogP contribution in [0.5, 0.6) is 0 Å². The van der Waals surface area contributed by atoms with Crippen molar-refractivity contribution >= 4 is 28.3 Å². The average Bonchev–Trinajstić information content (AvgIpc) is 2.41. The summed E-state index contributed by atoms with van der Waals surface area (Å²) in [4.78, 5) is 12.4. The van der Waals surface area contributed by atoms with Crippen LogP contribution in [0.2, 0.25) is 0 Å². The van der Waals surface area contributed by atoms with E-state index in [9.17, 15) is 13.2 Å². The van der Waals surface area contributed by atoms with Crippen molar-refractivity contribution in [3.05, 3.63) is 0 Å². The van der Waals surface area contributed by atoms with Crippen LogP contribution < -0.4 is 11.1 Å². The van der Waals surface area contributed by atoms with Gasteiger partial charge in [0.2, 0.25) is 15.9 Å². The smallest absolute Gasteiger partial charge is 0.227 e. The molecule has 0 radical (unpaired) electrons. The fraction of sp³-hybridized carbons (Fsp3) is 0.923. The summed E-state index contributed by atoms with van der Waals surface area (Å²) in [5.74, 6) is 0.00260. The standard InChI is InChI=1S/C13H27N3O3S.ClH/c1-4-13(5-2,10-14)12(17)15-11-6-8-16(9-7-11)20(3,18)19;/h11H,4-10,14H2,1-3H3,(H,15,17);1H. The van der Waals surface area contributed by atoms with Crippen molar-refractivity contribution in [2.75, 3.05) is 25.9 Å². The van der Waals surface area contributed by atoms with Crippen LogP contribution in [-0.4, -0.2) is 50.6 Å². The van der Waals surface area contributed by atoms with E-state index in [0.29, 0.717) is 45.3 Å². The summed E-state index contributed by atoms with van der Waals surface area (Å²) in [7, 11) is -3.12. The van der Waals surface area contributed by atoms with Gasteiger partial charge in [0.25, 0.3) is 0 Å². The van der Waals surface area contributed by atoms with Gasteiger partial charge in [0.15, 0.2) is 0 Å². The second-order valence-corrected chi connectivity index (χ2v) is 7.58. The number of nitrogens with one attached hydrogen (secondary N) is 1. The second kappa shape index (κ2) is 8.31. The summed E-state index contributed by atoms with van der Waals surface area (Å²) < 4.78 is 24.3. The summed E-state index contributed by atoms with van der Waals surface area (Å²) in [5, 5.41) is 3.04. The molecule has 1 amide bonds. The first-order valence-electron chi connectivity index (χ1n) is 7.25. The van der Waals surface area contributed by atoms with Gasteiger partial charge in [-0.15, -0.1) is 12.4 Å². The normalized spacial score (nSPS) is 18.1. The summed E-state index contributed by atoms with van der Waals surface area (Å²) in [6.45, 7) is 5.23. The molecule has 0 aromatic carbocycles. The molecule has 1 rings (SSSR count). The highest BCUT2D eigenvalue weighted by Crippen LogP contribution is 2.26. The minimum Gasteiger partial charge on any atom is -0.353 e. The Kier molecular flexibility index (Phi) is 8.17. The molecule has 1 saturated heterocycles. The van der Waals surface area contributed by atoms with Gasteiger partial charge in [-0.05, 0) is 25.7 Å². The molecule has 0 bridgehead atoms. The second-order valence-electron chi connectivity index (χ2n) is 5.60. The summed E-state index contributed by atoms with van der Waals surface area (Å²) in [5.41, 5.74) is 5.27. The largest absolute Gasteiger partial charge is 0.353 e. The van der Waals surface area contributed by atoms with Crippen molar-refractivity contribution in [3.8, 4) is 0 Å². The van der Waals surface area contributed by atoms with Crippen molar-refractivity contribution in [2.24, 2.45) is 11.1 Å². The highest BCUT2D eigenvalue weighted by molar-refractivity contribution is 7.88. The Balaban J connectivity index is 0.00000400. The van der Waals surface area contributed by atoms with Crippen molar-refractivity contribution in [2.45, 2.75) is 45.6 Å².